The van der Waals surface area contributed by atoms with Crippen LogP contribution in [0.15, 0.2) is 45.3 Å². The van der Waals surface area contributed by atoms with E-state index in [0.29, 0.717) is 33.6 Å². The predicted octanol–water partition coefficient (Wildman–Crippen LogP) is 4.58. The standard InChI is InChI=1S/C18H16BrN3O3S/c1-2-3-16(24)22-18(26)20-11-5-7-15-13(9-11)21-17(25-15)10-4-6-14(23)12(19)8-10/h4-9,23H,2-3H2,1H3,(H2,20,22,24,26). The van der Waals surface area contributed by atoms with Gasteiger partial charge in [0.05, 0.1) is 4.47 Å². The van der Waals surface area contributed by atoms with Crippen molar-refractivity contribution in [3.8, 4) is 17.2 Å². The second-order valence-corrected chi connectivity index (χ2v) is 6.88. The van der Waals surface area contributed by atoms with Crippen molar-refractivity contribution in [2.75, 3.05) is 5.32 Å². The van der Waals surface area contributed by atoms with Crippen LogP contribution in [0, 0.1) is 0 Å². The highest BCUT2D eigenvalue weighted by molar-refractivity contribution is 9.10. The molecule has 134 valence electrons. The number of halogens is 1. The van der Waals surface area contributed by atoms with Gasteiger partial charge in [-0.25, -0.2) is 4.98 Å². The minimum absolute atomic E-state index is 0.118. The van der Waals surface area contributed by atoms with Gasteiger partial charge in [0.15, 0.2) is 10.7 Å². The lowest BCUT2D eigenvalue weighted by Gasteiger charge is -2.08. The Hall–Kier alpha value is -2.45. The highest BCUT2D eigenvalue weighted by Gasteiger charge is 2.11. The summed E-state index contributed by atoms with van der Waals surface area (Å²) in [5, 5.41) is 15.4. The van der Waals surface area contributed by atoms with Crippen LogP contribution < -0.4 is 10.6 Å². The molecule has 0 spiro atoms. The van der Waals surface area contributed by atoms with Crippen LogP contribution >= 0.6 is 28.1 Å². The zero-order valence-corrected chi connectivity index (χ0v) is 16.3. The fourth-order valence-corrected chi connectivity index (χ4v) is 2.96. The number of hydrogen-bond acceptors (Lipinski definition) is 5. The van der Waals surface area contributed by atoms with Gasteiger partial charge in [-0.3, -0.25) is 4.79 Å². The van der Waals surface area contributed by atoms with Crippen LogP contribution in [0.4, 0.5) is 5.69 Å². The lowest BCUT2D eigenvalue weighted by molar-refractivity contribution is -0.119. The first-order chi connectivity index (χ1) is 12.5. The number of phenolic OH excluding ortho intramolecular Hbond substituents is 1. The average molecular weight is 434 g/mol. The van der Waals surface area contributed by atoms with Gasteiger partial charge in [0.1, 0.15) is 11.3 Å². The number of amides is 1. The van der Waals surface area contributed by atoms with Crippen molar-refractivity contribution in [2.45, 2.75) is 19.8 Å². The molecule has 0 bridgehead atoms. The van der Waals surface area contributed by atoms with Crippen molar-refractivity contribution in [2.24, 2.45) is 0 Å². The van der Waals surface area contributed by atoms with Gasteiger partial charge in [-0.2, -0.15) is 0 Å². The van der Waals surface area contributed by atoms with Gasteiger partial charge in [-0.15, -0.1) is 0 Å². The normalized spacial score (nSPS) is 10.7. The number of hydrogen-bond donors (Lipinski definition) is 3. The van der Waals surface area contributed by atoms with Gasteiger partial charge in [0.25, 0.3) is 0 Å². The molecule has 2 aromatic carbocycles. The maximum absolute atomic E-state index is 11.6. The number of aromatic hydroxyl groups is 1. The Morgan fingerprint density at radius 2 is 2.12 bits per heavy atom. The lowest BCUT2D eigenvalue weighted by atomic mass is 10.2. The minimum atomic E-state index is -0.118. The summed E-state index contributed by atoms with van der Waals surface area (Å²) >= 11 is 8.42. The monoisotopic (exact) mass is 433 g/mol. The quantitative estimate of drug-likeness (QED) is 0.522. The molecule has 3 rings (SSSR count). The Kier molecular flexibility index (Phi) is 5.53. The fourth-order valence-electron chi connectivity index (χ4n) is 2.35. The summed E-state index contributed by atoms with van der Waals surface area (Å²) in [4.78, 5) is 16.1. The highest BCUT2D eigenvalue weighted by Crippen LogP contribution is 2.31. The first kappa shape index (κ1) is 18.3. The average Bonchev–Trinajstić information content (AvgIpc) is 3.00. The number of nitrogens with one attached hydrogen (secondary N) is 2. The summed E-state index contributed by atoms with van der Waals surface area (Å²) in [5.41, 5.74) is 2.71. The van der Waals surface area contributed by atoms with E-state index < -0.39 is 0 Å². The molecule has 1 heterocycles. The number of nitrogens with zero attached hydrogens (tertiary/aromatic N) is 1. The van der Waals surface area contributed by atoms with Gasteiger partial charge in [0, 0.05) is 17.7 Å². The molecule has 3 N–H and O–H groups in total. The first-order valence-corrected chi connectivity index (χ1v) is 9.16. The molecule has 0 fully saturated rings. The molecule has 6 nitrogen and oxygen atoms in total. The summed E-state index contributed by atoms with van der Waals surface area (Å²) < 4.78 is 6.32. The van der Waals surface area contributed by atoms with Crippen LogP contribution in [0.25, 0.3) is 22.6 Å². The fraction of sp³-hybridized carbons (Fsp3) is 0.167. The molecule has 0 aliphatic rings. The summed E-state index contributed by atoms with van der Waals surface area (Å²) in [6.45, 7) is 1.93. The third-order valence-corrected chi connectivity index (χ3v) is 4.41. The zero-order valence-electron chi connectivity index (χ0n) is 13.9. The van der Waals surface area contributed by atoms with Crippen LogP contribution in [0.1, 0.15) is 19.8 Å². The van der Waals surface area contributed by atoms with Crippen LogP contribution in [0.2, 0.25) is 0 Å². The van der Waals surface area contributed by atoms with E-state index in [1.165, 1.54) is 0 Å². The Labute approximate surface area is 163 Å². The maximum atomic E-state index is 11.6. The Balaban J connectivity index is 1.80. The van der Waals surface area contributed by atoms with Crippen molar-refractivity contribution in [1.29, 1.82) is 0 Å². The molecule has 1 aromatic heterocycles. The number of rotatable bonds is 4. The SMILES string of the molecule is CCCC(=O)NC(=S)Nc1ccc2oc(-c3ccc(O)c(Br)c3)nc2c1. The maximum Gasteiger partial charge on any atom is 0.227 e. The number of fused-ring (bicyclic) bond motifs is 1. The lowest BCUT2D eigenvalue weighted by Crippen LogP contribution is -2.33. The topological polar surface area (TPSA) is 87.4 Å². The summed E-state index contributed by atoms with van der Waals surface area (Å²) in [7, 11) is 0. The summed E-state index contributed by atoms with van der Waals surface area (Å²) in [6.07, 6.45) is 1.19. The van der Waals surface area contributed by atoms with E-state index in [4.69, 9.17) is 16.6 Å². The number of aromatic nitrogens is 1. The highest BCUT2D eigenvalue weighted by atomic mass is 79.9. The molecule has 0 saturated heterocycles. The predicted molar refractivity (Wildman–Crippen MR) is 108 cm³/mol. The number of thiocarbonyl (C=S) groups is 1. The number of oxazole rings is 1. The number of phenols is 1. The van der Waals surface area contributed by atoms with Crippen LogP contribution in [-0.2, 0) is 4.79 Å². The molecule has 0 atom stereocenters. The Bertz CT molecular complexity index is 987. The summed E-state index contributed by atoms with van der Waals surface area (Å²) in [6, 6.07) is 10.4. The van der Waals surface area contributed by atoms with Gasteiger partial charge in [-0.1, -0.05) is 6.92 Å². The van der Waals surface area contributed by atoms with E-state index in [0.717, 1.165) is 12.0 Å². The van der Waals surface area contributed by atoms with Crippen molar-refractivity contribution >= 4 is 56.0 Å². The van der Waals surface area contributed by atoms with Gasteiger partial charge in [-0.05, 0) is 71.0 Å². The van der Waals surface area contributed by atoms with Crippen molar-refractivity contribution in [1.82, 2.24) is 10.3 Å². The molecular weight excluding hydrogens is 418 g/mol. The van der Waals surface area contributed by atoms with E-state index in [9.17, 15) is 9.90 Å². The number of carbonyl (C=O) groups is 1. The van der Waals surface area contributed by atoms with Gasteiger partial charge < -0.3 is 20.2 Å². The molecule has 0 unspecified atom stereocenters. The number of carbonyl (C=O) groups excluding carboxylic acids is 1. The minimum Gasteiger partial charge on any atom is -0.507 e. The van der Waals surface area contributed by atoms with E-state index in [1.54, 1.807) is 36.4 Å². The van der Waals surface area contributed by atoms with Gasteiger partial charge >= 0.3 is 0 Å². The number of benzene rings is 2. The molecule has 0 aliphatic carbocycles. The Morgan fingerprint density at radius 3 is 2.85 bits per heavy atom. The van der Waals surface area contributed by atoms with Crippen LogP contribution in [0.5, 0.6) is 5.75 Å². The second-order valence-electron chi connectivity index (χ2n) is 5.62. The van der Waals surface area contributed by atoms with Crippen LogP contribution in [-0.4, -0.2) is 21.1 Å². The molecule has 0 aliphatic heterocycles. The third-order valence-electron chi connectivity index (χ3n) is 3.57. The van der Waals surface area contributed by atoms with Crippen molar-refractivity contribution in [3.05, 3.63) is 40.9 Å². The third kappa shape index (κ3) is 4.20. The molecule has 26 heavy (non-hydrogen) atoms. The van der Waals surface area contributed by atoms with E-state index in [-0.39, 0.29) is 16.8 Å². The van der Waals surface area contributed by atoms with E-state index in [1.807, 2.05) is 6.92 Å². The van der Waals surface area contributed by atoms with Gasteiger partial charge in [0.2, 0.25) is 11.8 Å². The van der Waals surface area contributed by atoms with E-state index in [2.05, 4.69) is 31.5 Å². The van der Waals surface area contributed by atoms with Crippen molar-refractivity contribution in [3.63, 3.8) is 0 Å². The largest absolute Gasteiger partial charge is 0.507 e. The van der Waals surface area contributed by atoms with E-state index >= 15 is 0 Å². The second kappa shape index (κ2) is 7.84. The summed E-state index contributed by atoms with van der Waals surface area (Å²) in [5.74, 6) is 0.472. The number of anilines is 1. The zero-order chi connectivity index (χ0) is 18.7. The molecular formula is C18H16BrN3O3S. The smallest absolute Gasteiger partial charge is 0.227 e. The van der Waals surface area contributed by atoms with Crippen molar-refractivity contribution < 1.29 is 14.3 Å². The molecule has 0 saturated carbocycles. The molecule has 1 amide bonds. The molecule has 3 aromatic rings. The van der Waals surface area contributed by atoms with Crippen LogP contribution in [0.3, 0.4) is 0 Å². The molecule has 0 radical (unpaired) electrons. The first-order valence-electron chi connectivity index (χ1n) is 7.96. The Morgan fingerprint density at radius 1 is 1.31 bits per heavy atom. The molecule has 8 heteroatoms.